The van der Waals surface area contributed by atoms with Gasteiger partial charge in [-0.25, -0.2) is 15.0 Å². The van der Waals surface area contributed by atoms with Gasteiger partial charge in [0, 0.05) is 45.0 Å². The zero-order chi connectivity index (χ0) is 23.3. The van der Waals surface area contributed by atoms with Crippen molar-refractivity contribution >= 4 is 17.6 Å². The predicted octanol–water partition coefficient (Wildman–Crippen LogP) is 2.99. The molecule has 34 heavy (non-hydrogen) atoms. The molecule has 8 nitrogen and oxygen atoms in total. The highest BCUT2D eigenvalue weighted by Gasteiger charge is 2.34. The molecule has 8 heteroatoms. The van der Waals surface area contributed by atoms with Gasteiger partial charge in [0.25, 0.3) is 5.91 Å². The Kier molecular flexibility index (Phi) is 6.49. The maximum atomic E-state index is 13.5. The van der Waals surface area contributed by atoms with Crippen LogP contribution in [0.4, 0.5) is 5.95 Å². The number of nitrogens with zero attached hydrogens (tertiary/aromatic N) is 6. The normalized spacial score (nSPS) is 18.6. The summed E-state index contributed by atoms with van der Waals surface area (Å²) in [6, 6.07) is 19.7. The molecule has 0 saturated carbocycles. The molecule has 1 saturated heterocycles. The molecule has 0 bridgehead atoms. The minimum absolute atomic E-state index is 0.0103. The average Bonchev–Trinajstić information content (AvgIpc) is 3.36. The molecular formula is C26H28N6O2. The maximum Gasteiger partial charge on any atom is 0.257 e. The van der Waals surface area contributed by atoms with Crippen LogP contribution in [0.3, 0.4) is 0 Å². The average molecular weight is 457 g/mol. The Morgan fingerprint density at radius 1 is 0.941 bits per heavy atom. The van der Waals surface area contributed by atoms with Crippen molar-refractivity contribution < 1.29 is 9.53 Å². The van der Waals surface area contributed by atoms with Crippen LogP contribution in [-0.4, -0.2) is 71.3 Å². The van der Waals surface area contributed by atoms with Crippen LogP contribution in [0.25, 0.3) is 0 Å². The first-order chi connectivity index (χ1) is 16.7. The zero-order valence-corrected chi connectivity index (χ0v) is 19.2. The van der Waals surface area contributed by atoms with E-state index < -0.39 is 0 Å². The van der Waals surface area contributed by atoms with Gasteiger partial charge in [0.1, 0.15) is 5.75 Å². The number of ether oxygens (including phenoxy) is 1. The van der Waals surface area contributed by atoms with Crippen molar-refractivity contribution in [1.29, 1.82) is 0 Å². The Morgan fingerprint density at radius 3 is 2.32 bits per heavy atom. The van der Waals surface area contributed by atoms with Crippen LogP contribution in [0.15, 0.2) is 78.2 Å². The van der Waals surface area contributed by atoms with Gasteiger partial charge in [-0.05, 0) is 29.3 Å². The van der Waals surface area contributed by atoms with E-state index in [0.29, 0.717) is 13.0 Å². The van der Waals surface area contributed by atoms with Crippen molar-refractivity contribution in [3.05, 3.63) is 84.2 Å². The number of rotatable bonds is 6. The first-order valence-electron chi connectivity index (χ1n) is 11.5. The van der Waals surface area contributed by atoms with E-state index >= 15 is 0 Å². The first kappa shape index (κ1) is 22.0. The highest BCUT2D eigenvalue weighted by molar-refractivity contribution is 6.03. The number of methoxy groups -OCH3 is 1. The quantitative estimate of drug-likeness (QED) is 0.568. The molecule has 1 atom stereocenters. The molecule has 2 aromatic carbocycles. The van der Waals surface area contributed by atoms with Crippen molar-refractivity contribution in [3.63, 3.8) is 0 Å². The second kappa shape index (κ2) is 10.0. The molecule has 1 amide bonds. The largest absolute Gasteiger partial charge is 0.497 e. The molecule has 1 aromatic heterocycles. The molecule has 3 heterocycles. The van der Waals surface area contributed by atoms with E-state index in [2.05, 4.69) is 19.8 Å². The molecule has 3 aromatic rings. The lowest BCUT2D eigenvalue weighted by Gasteiger charge is -2.35. The van der Waals surface area contributed by atoms with E-state index in [1.807, 2.05) is 60.7 Å². The van der Waals surface area contributed by atoms with Crippen LogP contribution in [0.1, 0.15) is 23.6 Å². The number of hydrazone groups is 1. The highest BCUT2D eigenvalue weighted by Crippen LogP contribution is 2.33. The molecule has 0 radical (unpaired) electrons. The number of hydrogen-bond donors (Lipinski definition) is 0. The fourth-order valence-corrected chi connectivity index (χ4v) is 4.46. The number of carbonyl (C=O) groups excluding carboxylic acids is 1. The summed E-state index contributed by atoms with van der Waals surface area (Å²) in [4.78, 5) is 26.5. The van der Waals surface area contributed by atoms with Gasteiger partial charge in [-0.2, -0.15) is 5.10 Å². The Morgan fingerprint density at radius 2 is 1.65 bits per heavy atom. The summed E-state index contributed by atoms with van der Waals surface area (Å²) in [6.45, 7) is 3.47. The molecule has 0 aliphatic carbocycles. The summed E-state index contributed by atoms with van der Waals surface area (Å²) in [6.07, 6.45) is 4.20. The predicted molar refractivity (Wildman–Crippen MR) is 131 cm³/mol. The van der Waals surface area contributed by atoms with Crippen molar-refractivity contribution in [2.75, 3.05) is 44.7 Å². The molecule has 2 aliphatic heterocycles. The monoisotopic (exact) mass is 456 g/mol. The van der Waals surface area contributed by atoms with Gasteiger partial charge in [-0.15, -0.1) is 0 Å². The Hall–Kier alpha value is -3.78. The highest BCUT2D eigenvalue weighted by atomic mass is 16.5. The number of aromatic nitrogens is 2. The van der Waals surface area contributed by atoms with E-state index in [1.54, 1.807) is 24.5 Å². The van der Waals surface area contributed by atoms with Crippen molar-refractivity contribution in [2.45, 2.75) is 12.5 Å². The smallest absolute Gasteiger partial charge is 0.257 e. The van der Waals surface area contributed by atoms with Gasteiger partial charge in [0.15, 0.2) is 0 Å². The molecule has 0 unspecified atom stereocenters. The second-order valence-corrected chi connectivity index (χ2v) is 8.46. The van der Waals surface area contributed by atoms with Crippen LogP contribution >= 0.6 is 0 Å². The summed E-state index contributed by atoms with van der Waals surface area (Å²) in [5.41, 5.74) is 3.03. The van der Waals surface area contributed by atoms with Crippen LogP contribution in [-0.2, 0) is 4.79 Å². The fourth-order valence-electron chi connectivity index (χ4n) is 4.46. The second-order valence-electron chi connectivity index (χ2n) is 8.46. The van der Waals surface area contributed by atoms with E-state index in [1.165, 1.54) is 0 Å². The van der Waals surface area contributed by atoms with Crippen LogP contribution < -0.4 is 9.64 Å². The number of benzene rings is 2. The summed E-state index contributed by atoms with van der Waals surface area (Å²) in [5.74, 6) is 1.55. The Labute approximate surface area is 199 Å². The van der Waals surface area contributed by atoms with Gasteiger partial charge in [0.2, 0.25) is 5.95 Å². The molecule has 2 aliphatic rings. The van der Waals surface area contributed by atoms with Crippen LogP contribution in [0.2, 0.25) is 0 Å². The van der Waals surface area contributed by atoms with Crippen molar-refractivity contribution in [2.24, 2.45) is 5.10 Å². The molecule has 0 spiro atoms. The summed E-state index contributed by atoms with van der Waals surface area (Å²) in [7, 11) is 1.65. The van der Waals surface area contributed by atoms with Gasteiger partial charge in [-0.1, -0.05) is 42.5 Å². The Balaban J connectivity index is 1.30. The molecule has 1 fully saturated rings. The fraction of sp³-hybridized carbons (Fsp3) is 0.308. The van der Waals surface area contributed by atoms with Gasteiger partial charge in [0.05, 0.1) is 25.4 Å². The molecule has 5 rings (SSSR count). The van der Waals surface area contributed by atoms with E-state index in [0.717, 1.165) is 54.7 Å². The third kappa shape index (κ3) is 4.77. The SMILES string of the molecule is COc1ccc([C@H]2CC(c3ccccc3)=NN2C(=O)CN2CCN(c3ncccn3)CC2)cc1. The minimum atomic E-state index is -0.132. The molecule has 174 valence electrons. The lowest BCUT2D eigenvalue weighted by atomic mass is 9.98. The van der Waals surface area contributed by atoms with E-state index in [4.69, 9.17) is 9.84 Å². The van der Waals surface area contributed by atoms with Gasteiger partial charge in [-0.3, -0.25) is 9.69 Å². The third-order valence-corrected chi connectivity index (χ3v) is 6.34. The van der Waals surface area contributed by atoms with Crippen LogP contribution in [0.5, 0.6) is 5.75 Å². The van der Waals surface area contributed by atoms with Gasteiger partial charge < -0.3 is 9.64 Å². The topological polar surface area (TPSA) is 74.2 Å². The number of carbonyl (C=O) groups is 1. The summed E-state index contributed by atoms with van der Waals surface area (Å²) >= 11 is 0. The molecular weight excluding hydrogens is 428 g/mol. The lowest BCUT2D eigenvalue weighted by Crippen LogP contribution is -2.50. The Bertz CT molecular complexity index is 1130. The first-order valence-corrected chi connectivity index (χ1v) is 11.5. The number of piperazine rings is 1. The standard InChI is InChI=1S/C26H28N6O2/c1-34-22-10-8-21(9-11-22)24-18-23(20-6-3-2-4-7-20)29-32(24)25(33)19-30-14-16-31(17-15-30)26-27-12-5-13-28-26/h2-13,24H,14-19H2,1H3/t24-/m1/s1. The third-order valence-electron chi connectivity index (χ3n) is 6.34. The zero-order valence-electron chi connectivity index (χ0n) is 19.2. The van der Waals surface area contributed by atoms with Gasteiger partial charge >= 0.3 is 0 Å². The van der Waals surface area contributed by atoms with Crippen molar-refractivity contribution in [3.8, 4) is 5.75 Å². The summed E-state index contributed by atoms with van der Waals surface area (Å²) < 4.78 is 5.31. The molecule has 0 N–H and O–H groups in total. The lowest BCUT2D eigenvalue weighted by molar-refractivity contribution is -0.134. The van der Waals surface area contributed by atoms with E-state index in [-0.39, 0.29) is 11.9 Å². The number of anilines is 1. The minimum Gasteiger partial charge on any atom is -0.497 e. The number of hydrogen-bond acceptors (Lipinski definition) is 7. The van der Waals surface area contributed by atoms with E-state index in [9.17, 15) is 4.79 Å². The van der Waals surface area contributed by atoms with Crippen molar-refractivity contribution in [1.82, 2.24) is 19.9 Å². The summed E-state index contributed by atoms with van der Waals surface area (Å²) in [5, 5.41) is 6.48. The van der Waals surface area contributed by atoms with Crippen LogP contribution in [0, 0.1) is 0 Å². The maximum absolute atomic E-state index is 13.5. The number of amides is 1.